The normalized spacial score (nSPS) is 23.9. The molecule has 5 nitrogen and oxygen atoms in total. The molecule has 1 unspecified atom stereocenters. The monoisotopic (exact) mass is 267 g/mol. The minimum Gasteiger partial charge on any atom is -0.303 e. The summed E-state index contributed by atoms with van der Waals surface area (Å²) in [4.78, 5) is 0. The van der Waals surface area contributed by atoms with Gasteiger partial charge < -0.3 is 4.52 Å². The molecule has 0 radical (unpaired) electrons. The zero-order valence-corrected chi connectivity index (χ0v) is 12.2. The van der Waals surface area contributed by atoms with E-state index in [9.17, 15) is 4.57 Å². The second-order valence-electron chi connectivity index (χ2n) is 4.40. The summed E-state index contributed by atoms with van der Waals surface area (Å²) >= 11 is 4.28. The lowest BCUT2D eigenvalue weighted by atomic mass is 10.4. The Morgan fingerprint density at radius 3 is 2.12 bits per heavy atom. The van der Waals surface area contributed by atoms with Crippen LogP contribution in [0.3, 0.4) is 0 Å². The summed E-state index contributed by atoms with van der Waals surface area (Å²) in [6.07, 6.45) is -0.0396. The van der Waals surface area contributed by atoms with Gasteiger partial charge in [0.2, 0.25) is 0 Å². The van der Waals surface area contributed by atoms with Gasteiger partial charge in [-0.3, -0.25) is 8.87 Å². The van der Waals surface area contributed by atoms with Crippen LogP contribution in [0, 0.1) is 0 Å². The zero-order valence-electron chi connectivity index (χ0n) is 10.5. The van der Waals surface area contributed by atoms with Crippen molar-refractivity contribution in [1.82, 2.24) is 13.6 Å². The Bertz CT molecular complexity index is 267. The molecule has 1 saturated heterocycles. The van der Waals surface area contributed by atoms with Crippen LogP contribution in [0.4, 0.5) is 0 Å². The van der Waals surface area contributed by atoms with Crippen LogP contribution >= 0.6 is 20.5 Å². The highest BCUT2D eigenvalue weighted by atomic mass is 32.1. The van der Waals surface area contributed by atoms with Crippen molar-refractivity contribution in [3.05, 3.63) is 0 Å². The highest BCUT2D eigenvalue weighted by Crippen LogP contribution is 2.53. The first kappa shape index (κ1) is 14.5. The van der Waals surface area contributed by atoms with Crippen molar-refractivity contribution in [3.63, 3.8) is 0 Å². The zero-order chi connectivity index (χ0) is 12.3. The van der Waals surface area contributed by atoms with Gasteiger partial charge in [0.25, 0.3) is 0 Å². The molecule has 0 spiro atoms. The average Bonchev–Trinajstić information content (AvgIpc) is 2.17. The Balaban J connectivity index is 2.73. The van der Waals surface area contributed by atoms with Gasteiger partial charge >= 0.3 is 7.67 Å². The minimum atomic E-state index is -2.84. The van der Waals surface area contributed by atoms with E-state index in [1.54, 1.807) is 18.8 Å². The molecular formula is C9H22N3O2PS. The summed E-state index contributed by atoms with van der Waals surface area (Å²) in [6.45, 7) is 6.89. The Morgan fingerprint density at radius 2 is 1.75 bits per heavy atom. The lowest BCUT2D eigenvalue weighted by Crippen LogP contribution is -2.43. The third kappa shape index (κ3) is 3.45. The lowest BCUT2D eigenvalue weighted by molar-refractivity contribution is 0.164. The van der Waals surface area contributed by atoms with Crippen LogP contribution in [-0.2, 0) is 9.09 Å². The molecule has 0 saturated carbocycles. The molecule has 1 aliphatic rings. The maximum absolute atomic E-state index is 12.8. The van der Waals surface area contributed by atoms with Crippen molar-refractivity contribution in [3.8, 4) is 0 Å². The highest BCUT2D eigenvalue weighted by molar-refractivity contribution is 7.77. The number of thiol groups is 1. The van der Waals surface area contributed by atoms with E-state index in [4.69, 9.17) is 4.52 Å². The van der Waals surface area contributed by atoms with Crippen LogP contribution in [0.2, 0.25) is 0 Å². The molecule has 1 rings (SSSR count). The summed E-state index contributed by atoms with van der Waals surface area (Å²) in [5, 5.41) is 0. The van der Waals surface area contributed by atoms with Crippen LogP contribution < -0.4 is 0 Å². The molecule has 0 aliphatic carbocycles. The van der Waals surface area contributed by atoms with Gasteiger partial charge in [-0.05, 0) is 27.9 Å². The summed E-state index contributed by atoms with van der Waals surface area (Å²) in [5.41, 5.74) is 0. The molecule has 0 aromatic rings. The quantitative estimate of drug-likeness (QED) is 0.617. The van der Waals surface area contributed by atoms with E-state index in [0.717, 1.165) is 26.2 Å². The summed E-state index contributed by atoms with van der Waals surface area (Å²) in [6, 6.07) is 0. The smallest absolute Gasteiger partial charge is 0.303 e. The third-order valence-electron chi connectivity index (χ3n) is 2.44. The third-order valence-corrected chi connectivity index (χ3v) is 5.67. The number of hydrogen-bond acceptors (Lipinski definition) is 4. The van der Waals surface area contributed by atoms with Crippen LogP contribution in [-0.4, -0.2) is 60.0 Å². The van der Waals surface area contributed by atoms with Crippen molar-refractivity contribution in [1.29, 1.82) is 0 Å². The fourth-order valence-electron chi connectivity index (χ4n) is 1.63. The van der Waals surface area contributed by atoms with Gasteiger partial charge in [0.15, 0.2) is 0 Å². The number of rotatable bonds is 4. The van der Waals surface area contributed by atoms with Gasteiger partial charge in [0.1, 0.15) is 0 Å². The van der Waals surface area contributed by atoms with Gasteiger partial charge in [0, 0.05) is 26.2 Å². The number of nitrogens with zero attached hydrogens (tertiary/aromatic N) is 3. The predicted molar refractivity (Wildman–Crippen MR) is 69.6 cm³/mol. The lowest BCUT2D eigenvalue weighted by Gasteiger charge is -2.39. The molecule has 7 heteroatoms. The largest absolute Gasteiger partial charge is 0.345 e. The molecule has 0 N–H and O–H groups in total. The standard InChI is InChI=1S/C9H22N3O2PS/c1-9(2)14-15(13,10(3)4)11-5-7-12(16)8-6-11/h9,16H,5-8H2,1-4H3. The second kappa shape index (κ2) is 5.85. The van der Waals surface area contributed by atoms with Crippen molar-refractivity contribution in [2.45, 2.75) is 20.0 Å². The molecule has 0 aromatic heterocycles. The Kier molecular flexibility index (Phi) is 5.29. The summed E-state index contributed by atoms with van der Waals surface area (Å²) in [5.74, 6) is 0. The van der Waals surface area contributed by atoms with Gasteiger partial charge in [-0.1, -0.05) is 12.8 Å². The Labute approximate surface area is 104 Å². The molecule has 96 valence electrons. The Hall–Kier alpha value is 0.420. The van der Waals surface area contributed by atoms with E-state index in [1.807, 2.05) is 22.8 Å². The van der Waals surface area contributed by atoms with Gasteiger partial charge in [0.05, 0.1) is 6.10 Å². The molecule has 0 amide bonds. The highest BCUT2D eigenvalue weighted by Gasteiger charge is 2.37. The van der Waals surface area contributed by atoms with Gasteiger partial charge in [-0.25, -0.2) is 9.34 Å². The maximum atomic E-state index is 12.8. The van der Waals surface area contributed by atoms with Crippen molar-refractivity contribution >= 4 is 20.5 Å². The average molecular weight is 267 g/mol. The van der Waals surface area contributed by atoms with Crippen molar-refractivity contribution in [2.24, 2.45) is 0 Å². The number of hydrogen-bond donors (Lipinski definition) is 1. The molecule has 1 fully saturated rings. The van der Waals surface area contributed by atoms with Crippen LogP contribution in [0.25, 0.3) is 0 Å². The maximum Gasteiger partial charge on any atom is 0.345 e. The van der Waals surface area contributed by atoms with E-state index < -0.39 is 7.67 Å². The SMILES string of the molecule is CC(C)OP(=O)(N(C)C)N1CCN(S)CC1. The summed E-state index contributed by atoms with van der Waals surface area (Å²) < 4.78 is 24.0. The van der Waals surface area contributed by atoms with Crippen LogP contribution in [0.1, 0.15) is 13.8 Å². The minimum absolute atomic E-state index is 0.0396. The van der Waals surface area contributed by atoms with Crippen molar-refractivity contribution < 1.29 is 9.09 Å². The topological polar surface area (TPSA) is 36.0 Å². The molecule has 16 heavy (non-hydrogen) atoms. The van der Waals surface area contributed by atoms with Crippen LogP contribution in [0.15, 0.2) is 0 Å². The fraction of sp³-hybridized carbons (Fsp3) is 1.00. The molecule has 1 atom stereocenters. The first-order valence-corrected chi connectivity index (χ1v) is 7.45. The van der Waals surface area contributed by atoms with Crippen molar-refractivity contribution in [2.75, 3.05) is 40.3 Å². The number of piperazine rings is 1. The fourth-order valence-corrected chi connectivity index (χ4v) is 3.87. The first-order valence-electron chi connectivity index (χ1n) is 5.51. The second-order valence-corrected chi connectivity index (χ2v) is 7.52. The van der Waals surface area contributed by atoms with Gasteiger partial charge in [-0.2, -0.15) is 0 Å². The van der Waals surface area contributed by atoms with E-state index >= 15 is 0 Å². The van der Waals surface area contributed by atoms with E-state index in [-0.39, 0.29) is 6.10 Å². The van der Waals surface area contributed by atoms with E-state index in [0.29, 0.717) is 0 Å². The first-order chi connectivity index (χ1) is 7.36. The molecular weight excluding hydrogens is 245 g/mol. The molecule has 0 aromatic carbocycles. The van der Waals surface area contributed by atoms with E-state index in [2.05, 4.69) is 12.8 Å². The molecule has 0 bridgehead atoms. The summed E-state index contributed by atoms with van der Waals surface area (Å²) in [7, 11) is 0.760. The van der Waals surface area contributed by atoms with Crippen LogP contribution in [0.5, 0.6) is 0 Å². The van der Waals surface area contributed by atoms with E-state index in [1.165, 1.54) is 0 Å². The molecule has 1 heterocycles. The molecule has 1 aliphatic heterocycles. The van der Waals surface area contributed by atoms with Gasteiger partial charge in [-0.15, -0.1) is 0 Å². The Morgan fingerprint density at radius 1 is 1.25 bits per heavy atom. The predicted octanol–water partition coefficient (Wildman–Crippen LogP) is 1.54.